The third-order valence-electron chi connectivity index (χ3n) is 3.69. The Morgan fingerprint density at radius 1 is 0.963 bits per heavy atom. The highest BCUT2D eigenvalue weighted by molar-refractivity contribution is 6.30. The minimum Gasteiger partial charge on any atom is -0.340 e. The summed E-state index contributed by atoms with van der Waals surface area (Å²) in [6.45, 7) is 3.21. The average Bonchev–Trinajstić information content (AvgIpc) is 2.61. The first-order chi connectivity index (χ1) is 12.9. The van der Waals surface area contributed by atoms with Crippen molar-refractivity contribution in [3.63, 3.8) is 0 Å². The molecule has 0 bridgehead atoms. The van der Waals surface area contributed by atoms with Gasteiger partial charge in [-0.25, -0.2) is 9.97 Å². The monoisotopic (exact) mass is 380 g/mol. The Morgan fingerprint density at radius 2 is 1.70 bits per heavy atom. The van der Waals surface area contributed by atoms with Crippen molar-refractivity contribution in [3.05, 3.63) is 76.7 Å². The van der Waals surface area contributed by atoms with E-state index in [2.05, 4.69) is 20.6 Å². The summed E-state index contributed by atoms with van der Waals surface area (Å²) in [6, 6.07) is 15.5. The summed E-state index contributed by atoms with van der Waals surface area (Å²) in [5.74, 6) is 0.501. The fraction of sp³-hybridized carbons (Fsp3) is 0.100. The van der Waals surface area contributed by atoms with Crippen LogP contribution in [0.1, 0.15) is 33.6 Å². The van der Waals surface area contributed by atoms with E-state index in [1.54, 1.807) is 55.5 Å². The topological polar surface area (TPSA) is 84.0 Å². The number of nitrogens with zero attached hydrogens (tertiary/aromatic N) is 2. The molecule has 7 heteroatoms. The SMILES string of the molecule is CC(=O)c1cccc(Nc2cc(C(=O)Nc3cccc(Cl)c3)nc(C)n2)c1. The summed E-state index contributed by atoms with van der Waals surface area (Å²) in [5, 5.41) is 6.39. The molecule has 0 spiro atoms. The van der Waals surface area contributed by atoms with Crippen LogP contribution in [0.15, 0.2) is 54.6 Å². The first-order valence-electron chi connectivity index (χ1n) is 8.21. The number of hydrogen-bond acceptors (Lipinski definition) is 5. The molecule has 0 fully saturated rings. The van der Waals surface area contributed by atoms with Crippen molar-refractivity contribution >= 4 is 40.5 Å². The van der Waals surface area contributed by atoms with Crippen molar-refractivity contribution in [1.82, 2.24) is 9.97 Å². The number of aryl methyl sites for hydroxylation is 1. The lowest BCUT2D eigenvalue weighted by molar-refractivity contribution is 0.101. The number of amides is 1. The van der Waals surface area contributed by atoms with Gasteiger partial charge in [-0.05, 0) is 44.2 Å². The molecule has 0 aliphatic heterocycles. The van der Waals surface area contributed by atoms with E-state index in [1.165, 1.54) is 6.92 Å². The van der Waals surface area contributed by atoms with Crippen molar-refractivity contribution in [2.45, 2.75) is 13.8 Å². The lowest BCUT2D eigenvalue weighted by Crippen LogP contribution is -2.15. The van der Waals surface area contributed by atoms with Crippen LogP contribution >= 0.6 is 11.6 Å². The number of rotatable bonds is 5. The Balaban J connectivity index is 1.82. The zero-order valence-corrected chi connectivity index (χ0v) is 15.5. The largest absolute Gasteiger partial charge is 0.340 e. The number of carbonyl (C=O) groups excluding carboxylic acids is 2. The van der Waals surface area contributed by atoms with E-state index >= 15 is 0 Å². The van der Waals surface area contributed by atoms with Gasteiger partial charge in [-0.15, -0.1) is 0 Å². The predicted molar refractivity (Wildman–Crippen MR) is 106 cm³/mol. The van der Waals surface area contributed by atoms with Gasteiger partial charge in [0.2, 0.25) is 0 Å². The lowest BCUT2D eigenvalue weighted by Gasteiger charge is -2.10. The summed E-state index contributed by atoms with van der Waals surface area (Å²) < 4.78 is 0. The number of Topliss-reactive ketones (excluding diaryl/α,β-unsaturated/α-hetero) is 1. The van der Waals surface area contributed by atoms with Crippen LogP contribution in [0.4, 0.5) is 17.2 Å². The quantitative estimate of drug-likeness (QED) is 0.630. The third-order valence-corrected chi connectivity index (χ3v) is 3.93. The number of carbonyl (C=O) groups is 2. The molecule has 27 heavy (non-hydrogen) atoms. The molecule has 2 aromatic carbocycles. The first kappa shape index (κ1) is 18.5. The second kappa shape index (κ2) is 7.97. The molecule has 3 aromatic rings. The van der Waals surface area contributed by atoms with Crippen molar-refractivity contribution in [2.75, 3.05) is 10.6 Å². The molecule has 0 saturated heterocycles. The Kier molecular flexibility index (Phi) is 5.47. The highest BCUT2D eigenvalue weighted by Gasteiger charge is 2.12. The number of ketones is 1. The van der Waals surface area contributed by atoms with Gasteiger partial charge >= 0.3 is 0 Å². The molecular weight excluding hydrogens is 364 g/mol. The number of aromatic nitrogens is 2. The van der Waals surface area contributed by atoms with E-state index in [9.17, 15) is 9.59 Å². The van der Waals surface area contributed by atoms with Gasteiger partial charge < -0.3 is 10.6 Å². The van der Waals surface area contributed by atoms with Crippen molar-refractivity contribution in [2.24, 2.45) is 0 Å². The fourth-order valence-corrected chi connectivity index (χ4v) is 2.66. The smallest absolute Gasteiger partial charge is 0.274 e. The third kappa shape index (κ3) is 4.89. The molecule has 0 aliphatic rings. The van der Waals surface area contributed by atoms with Crippen LogP contribution in [0.3, 0.4) is 0 Å². The normalized spacial score (nSPS) is 10.3. The van der Waals surface area contributed by atoms with Gasteiger partial charge in [0.25, 0.3) is 5.91 Å². The summed E-state index contributed by atoms with van der Waals surface area (Å²) in [7, 11) is 0. The van der Waals surface area contributed by atoms with Gasteiger partial charge in [-0.2, -0.15) is 0 Å². The number of anilines is 3. The molecule has 1 amide bonds. The molecule has 1 aromatic heterocycles. The zero-order chi connectivity index (χ0) is 19.4. The predicted octanol–water partition coefficient (Wildman–Crippen LogP) is 4.64. The highest BCUT2D eigenvalue weighted by atomic mass is 35.5. The second-order valence-corrected chi connectivity index (χ2v) is 6.35. The summed E-state index contributed by atoms with van der Waals surface area (Å²) in [6.07, 6.45) is 0. The molecule has 136 valence electrons. The average molecular weight is 381 g/mol. The minimum absolute atomic E-state index is 0.0286. The van der Waals surface area contributed by atoms with Crippen molar-refractivity contribution in [3.8, 4) is 0 Å². The molecule has 0 unspecified atom stereocenters. The fourth-order valence-electron chi connectivity index (χ4n) is 2.47. The summed E-state index contributed by atoms with van der Waals surface area (Å²) in [5.41, 5.74) is 2.08. The maximum absolute atomic E-state index is 12.5. The second-order valence-electron chi connectivity index (χ2n) is 5.91. The van der Waals surface area contributed by atoms with Crippen molar-refractivity contribution in [1.29, 1.82) is 0 Å². The maximum Gasteiger partial charge on any atom is 0.274 e. The van der Waals surface area contributed by atoms with Gasteiger partial charge in [-0.3, -0.25) is 9.59 Å². The molecule has 0 aliphatic carbocycles. The van der Waals surface area contributed by atoms with Crippen LogP contribution in [0.25, 0.3) is 0 Å². The number of hydrogen-bond donors (Lipinski definition) is 2. The van der Waals surface area contributed by atoms with Crippen LogP contribution in [-0.4, -0.2) is 21.7 Å². The summed E-state index contributed by atoms with van der Waals surface area (Å²) in [4.78, 5) is 32.5. The zero-order valence-electron chi connectivity index (χ0n) is 14.8. The number of benzene rings is 2. The standard InChI is InChI=1S/C20H17ClN4O2/c1-12(26)14-5-3-7-16(9-14)24-19-11-18(22-13(2)23-19)20(27)25-17-8-4-6-15(21)10-17/h3-11H,1-2H3,(H,25,27)(H,22,23,24). The van der Waals surface area contributed by atoms with E-state index in [4.69, 9.17) is 11.6 Å². The van der Waals surface area contributed by atoms with E-state index < -0.39 is 0 Å². The van der Waals surface area contributed by atoms with Crippen LogP contribution in [0, 0.1) is 6.92 Å². The molecule has 0 radical (unpaired) electrons. The van der Waals surface area contributed by atoms with Crippen LogP contribution in [-0.2, 0) is 0 Å². The Bertz CT molecular complexity index is 1020. The van der Waals surface area contributed by atoms with Crippen molar-refractivity contribution < 1.29 is 9.59 Å². The molecule has 3 rings (SSSR count). The highest BCUT2D eigenvalue weighted by Crippen LogP contribution is 2.19. The van der Waals surface area contributed by atoms with Gasteiger partial charge in [-0.1, -0.05) is 29.8 Å². The lowest BCUT2D eigenvalue weighted by atomic mass is 10.1. The Hall–Kier alpha value is -3.25. The Morgan fingerprint density at radius 3 is 2.44 bits per heavy atom. The molecule has 2 N–H and O–H groups in total. The molecule has 0 atom stereocenters. The van der Waals surface area contributed by atoms with Crippen LogP contribution in [0.5, 0.6) is 0 Å². The summed E-state index contributed by atoms with van der Waals surface area (Å²) >= 11 is 5.94. The first-order valence-corrected chi connectivity index (χ1v) is 8.59. The van der Waals surface area contributed by atoms with E-state index in [0.717, 1.165) is 0 Å². The molecule has 0 saturated carbocycles. The number of halogens is 1. The van der Waals surface area contributed by atoms with Crippen LogP contribution in [0.2, 0.25) is 5.02 Å². The van der Waals surface area contributed by atoms with Crippen LogP contribution < -0.4 is 10.6 Å². The van der Waals surface area contributed by atoms with E-state index in [-0.39, 0.29) is 17.4 Å². The maximum atomic E-state index is 12.5. The van der Waals surface area contributed by atoms with Gasteiger partial charge in [0.1, 0.15) is 17.3 Å². The minimum atomic E-state index is -0.372. The van der Waals surface area contributed by atoms with Gasteiger partial charge in [0.15, 0.2) is 5.78 Å². The molecule has 1 heterocycles. The van der Waals surface area contributed by atoms with Gasteiger partial charge in [0, 0.05) is 28.0 Å². The number of nitrogens with one attached hydrogen (secondary N) is 2. The van der Waals surface area contributed by atoms with Gasteiger partial charge in [0.05, 0.1) is 0 Å². The molecular formula is C20H17ClN4O2. The molecule has 6 nitrogen and oxygen atoms in total. The van der Waals surface area contributed by atoms with E-state index in [1.807, 2.05) is 6.07 Å². The van der Waals surface area contributed by atoms with E-state index in [0.29, 0.717) is 33.6 Å². The Labute approximate surface area is 161 Å².